The molecule has 4 rings (SSSR count). The first-order chi connectivity index (χ1) is 10.8. The molecule has 1 nitrogen and oxygen atoms in total. The van der Waals surface area contributed by atoms with E-state index < -0.39 is 0 Å². The van der Waals surface area contributed by atoms with E-state index in [0.29, 0.717) is 0 Å². The van der Waals surface area contributed by atoms with Crippen LogP contribution in [0.1, 0.15) is 23.2 Å². The standard InChI is InChI=1S/C21H19N/c1-15-18-13-8-14-19(18)20(16-9-4-2-5-10-16)21(22-15)17-11-6-3-7-12-17/h2-7,9-12H,8,13-14H2,1H3/p+1. The molecule has 0 radical (unpaired) electrons. The normalized spacial score (nSPS) is 13.1. The van der Waals surface area contributed by atoms with Crippen LogP contribution in [-0.2, 0) is 12.8 Å². The van der Waals surface area contributed by atoms with Crippen molar-refractivity contribution in [2.75, 3.05) is 0 Å². The Morgan fingerprint density at radius 2 is 1.32 bits per heavy atom. The summed E-state index contributed by atoms with van der Waals surface area (Å²) in [7, 11) is 0. The molecule has 3 aromatic rings. The highest BCUT2D eigenvalue weighted by Crippen LogP contribution is 2.38. The number of nitrogens with one attached hydrogen (secondary N) is 1. The quantitative estimate of drug-likeness (QED) is 0.652. The highest BCUT2D eigenvalue weighted by molar-refractivity contribution is 5.82. The van der Waals surface area contributed by atoms with Crippen LogP contribution >= 0.6 is 0 Å². The fourth-order valence-electron chi connectivity index (χ4n) is 3.65. The Morgan fingerprint density at radius 3 is 2.00 bits per heavy atom. The van der Waals surface area contributed by atoms with E-state index in [2.05, 4.69) is 72.6 Å². The molecule has 1 aliphatic carbocycles. The average molecular weight is 286 g/mol. The van der Waals surface area contributed by atoms with Gasteiger partial charge < -0.3 is 0 Å². The average Bonchev–Trinajstić information content (AvgIpc) is 3.06. The van der Waals surface area contributed by atoms with Crippen molar-refractivity contribution in [2.45, 2.75) is 26.2 Å². The lowest BCUT2D eigenvalue weighted by molar-refractivity contribution is -0.374. The molecule has 1 N–H and O–H groups in total. The number of aromatic amines is 1. The van der Waals surface area contributed by atoms with E-state index in [1.54, 1.807) is 5.56 Å². The van der Waals surface area contributed by atoms with Crippen LogP contribution in [0.2, 0.25) is 0 Å². The van der Waals surface area contributed by atoms with Crippen molar-refractivity contribution in [3.05, 3.63) is 77.5 Å². The summed E-state index contributed by atoms with van der Waals surface area (Å²) in [5.41, 5.74) is 9.62. The summed E-state index contributed by atoms with van der Waals surface area (Å²) >= 11 is 0. The van der Waals surface area contributed by atoms with Crippen molar-refractivity contribution in [2.24, 2.45) is 0 Å². The molecule has 0 fully saturated rings. The van der Waals surface area contributed by atoms with Gasteiger partial charge in [-0.3, -0.25) is 0 Å². The van der Waals surface area contributed by atoms with Gasteiger partial charge in [0.15, 0.2) is 5.69 Å². The van der Waals surface area contributed by atoms with Gasteiger partial charge in [-0.1, -0.05) is 48.5 Å². The van der Waals surface area contributed by atoms with Gasteiger partial charge in [0, 0.05) is 18.1 Å². The monoisotopic (exact) mass is 286 g/mol. The number of aromatic nitrogens is 1. The molecule has 0 saturated carbocycles. The number of H-pyrrole nitrogens is 1. The second-order valence-electron chi connectivity index (χ2n) is 6.04. The summed E-state index contributed by atoms with van der Waals surface area (Å²) in [5, 5.41) is 0. The predicted molar refractivity (Wildman–Crippen MR) is 90.6 cm³/mol. The van der Waals surface area contributed by atoms with Crippen molar-refractivity contribution in [1.29, 1.82) is 0 Å². The molecular weight excluding hydrogens is 266 g/mol. The Labute approximate surface area is 131 Å². The Balaban J connectivity index is 2.04. The van der Waals surface area contributed by atoms with Crippen LogP contribution in [0.4, 0.5) is 0 Å². The first kappa shape index (κ1) is 13.3. The van der Waals surface area contributed by atoms with Crippen LogP contribution < -0.4 is 4.98 Å². The van der Waals surface area contributed by atoms with E-state index in [1.807, 2.05) is 0 Å². The number of rotatable bonds is 2. The first-order valence-electron chi connectivity index (χ1n) is 8.03. The highest BCUT2D eigenvalue weighted by Gasteiger charge is 2.27. The summed E-state index contributed by atoms with van der Waals surface area (Å²) in [4.78, 5) is 3.69. The maximum Gasteiger partial charge on any atom is 0.219 e. The third-order valence-corrected chi connectivity index (χ3v) is 4.66. The van der Waals surface area contributed by atoms with Crippen molar-refractivity contribution >= 4 is 0 Å². The Kier molecular flexibility index (Phi) is 3.27. The van der Waals surface area contributed by atoms with Gasteiger partial charge in [-0.25, -0.2) is 4.98 Å². The van der Waals surface area contributed by atoms with Gasteiger partial charge in [-0.15, -0.1) is 0 Å². The van der Waals surface area contributed by atoms with Crippen molar-refractivity contribution in [3.63, 3.8) is 0 Å². The molecule has 1 heterocycles. The van der Waals surface area contributed by atoms with Crippen LogP contribution in [0.3, 0.4) is 0 Å². The topological polar surface area (TPSA) is 14.1 Å². The zero-order valence-electron chi connectivity index (χ0n) is 12.9. The van der Waals surface area contributed by atoms with Crippen molar-refractivity contribution in [3.8, 4) is 22.4 Å². The summed E-state index contributed by atoms with van der Waals surface area (Å²) < 4.78 is 0. The Hall–Kier alpha value is -2.41. The third kappa shape index (κ3) is 2.14. The number of pyridine rings is 1. The molecule has 22 heavy (non-hydrogen) atoms. The fraction of sp³-hybridized carbons (Fsp3) is 0.190. The third-order valence-electron chi connectivity index (χ3n) is 4.66. The molecule has 0 amide bonds. The highest BCUT2D eigenvalue weighted by atomic mass is 14.7. The lowest BCUT2D eigenvalue weighted by atomic mass is 9.92. The minimum Gasteiger partial charge on any atom is -0.208 e. The summed E-state index contributed by atoms with van der Waals surface area (Å²) in [6.45, 7) is 2.21. The predicted octanol–water partition coefficient (Wildman–Crippen LogP) is 4.63. The molecule has 2 aromatic carbocycles. The molecule has 0 saturated heterocycles. The van der Waals surface area contributed by atoms with E-state index >= 15 is 0 Å². The van der Waals surface area contributed by atoms with Crippen LogP contribution in [0, 0.1) is 6.92 Å². The van der Waals surface area contributed by atoms with Gasteiger partial charge in [0.25, 0.3) is 0 Å². The molecule has 108 valence electrons. The molecular formula is C21H20N+. The molecule has 0 unspecified atom stereocenters. The van der Waals surface area contributed by atoms with Gasteiger partial charge in [0.2, 0.25) is 5.69 Å². The van der Waals surface area contributed by atoms with E-state index in [4.69, 9.17) is 0 Å². The lowest BCUT2D eigenvalue weighted by Crippen LogP contribution is -2.17. The molecule has 1 aliphatic rings. The number of hydrogen-bond donors (Lipinski definition) is 0. The molecule has 1 heteroatoms. The molecule has 0 bridgehead atoms. The summed E-state index contributed by atoms with van der Waals surface area (Å²) in [5.74, 6) is 0. The summed E-state index contributed by atoms with van der Waals surface area (Å²) in [6.07, 6.45) is 3.66. The van der Waals surface area contributed by atoms with Crippen LogP contribution in [-0.4, -0.2) is 0 Å². The van der Waals surface area contributed by atoms with Gasteiger partial charge in [-0.2, -0.15) is 0 Å². The van der Waals surface area contributed by atoms with E-state index in [1.165, 1.54) is 52.9 Å². The van der Waals surface area contributed by atoms with Gasteiger partial charge >= 0.3 is 0 Å². The van der Waals surface area contributed by atoms with E-state index in [0.717, 1.165) is 0 Å². The maximum absolute atomic E-state index is 3.69. The SMILES string of the molecule is Cc1[nH+]c(-c2ccccc2)c(-c2ccccc2)c2c1CCC2. The van der Waals surface area contributed by atoms with E-state index in [9.17, 15) is 0 Å². The number of aryl methyl sites for hydroxylation is 1. The second-order valence-corrected chi connectivity index (χ2v) is 6.04. The first-order valence-corrected chi connectivity index (χ1v) is 8.03. The Bertz CT molecular complexity index is 804. The van der Waals surface area contributed by atoms with Gasteiger partial charge in [0.1, 0.15) is 0 Å². The van der Waals surface area contributed by atoms with Crippen LogP contribution in [0.15, 0.2) is 60.7 Å². The number of fused-ring (bicyclic) bond motifs is 1. The van der Waals surface area contributed by atoms with E-state index in [-0.39, 0.29) is 0 Å². The molecule has 0 atom stereocenters. The van der Waals surface area contributed by atoms with Gasteiger partial charge in [-0.05, 0) is 42.5 Å². The number of hydrogen-bond acceptors (Lipinski definition) is 0. The zero-order chi connectivity index (χ0) is 14.9. The largest absolute Gasteiger partial charge is 0.219 e. The smallest absolute Gasteiger partial charge is 0.208 e. The lowest BCUT2D eigenvalue weighted by Gasteiger charge is -2.12. The van der Waals surface area contributed by atoms with Crippen molar-refractivity contribution in [1.82, 2.24) is 0 Å². The minimum atomic E-state index is 1.19. The number of benzene rings is 2. The maximum atomic E-state index is 3.69. The zero-order valence-corrected chi connectivity index (χ0v) is 12.9. The fourth-order valence-corrected chi connectivity index (χ4v) is 3.65. The molecule has 1 aromatic heterocycles. The second kappa shape index (κ2) is 5.42. The Morgan fingerprint density at radius 1 is 0.727 bits per heavy atom. The van der Waals surface area contributed by atoms with Gasteiger partial charge in [0.05, 0.1) is 5.56 Å². The molecule has 0 spiro atoms. The van der Waals surface area contributed by atoms with Crippen LogP contribution in [0.25, 0.3) is 22.4 Å². The van der Waals surface area contributed by atoms with Crippen molar-refractivity contribution < 1.29 is 4.98 Å². The molecule has 0 aliphatic heterocycles. The van der Waals surface area contributed by atoms with Crippen LogP contribution in [0.5, 0.6) is 0 Å². The summed E-state index contributed by atoms with van der Waals surface area (Å²) in [6, 6.07) is 21.5. The minimum absolute atomic E-state index is 1.19.